The van der Waals surface area contributed by atoms with Crippen LogP contribution in [-0.2, 0) is 4.79 Å². The van der Waals surface area contributed by atoms with Crippen LogP contribution in [0, 0.1) is 6.92 Å². The van der Waals surface area contributed by atoms with E-state index in [0.717, 1.165) is 0 Å². The Kier molecular flexibility index (Phi) is 3.23. The third-order valence-corrected chi connectivity index (χ3v) is 3.33. The van der Waals surface area contributed by atoms with Crippen LogP contribution in [0.3, 0.4) is 0 Å². The first-order valence-corrected chi connectivity index (χ1v) is 5.84. The lowest BCUT2D eigenvalue weighted by Gasteiger charge is -2.22. The Morgan fingerprint density at radius 3 is 2.78 bits per heavy atom. The summed E-state index contributed by atoms with van der Waals surface area (Å²) >= 11 is 0. The van der Waals surface area contributed by atoms with Gasteiger partial charge in [0, 0.05) is 17.7 Å². The smallest absolute Gasteiger partial charge is 0.326 e. The predicted molar refractivity (Wildman–Crippen MR) is 64.5 cm³/mol. The lowest BCUT2D eigenvalue weighted by molar-refractivity contribution is -0.141. The topological polar surface area (TPSA) is 77.8 Å². The molecule has 1 amide bonds. The van der Waals surface area contributed by atoms with Crippen LogP contribution < -0.4 is 0 Å². The first-order chi connectivity index (χ1) is 8.52. The molecule has 1 aliphatic heterocycles. The molecule has 0 aliphatic carbocycles. The number of phenolic OH excluding ortho intramolecular Hbond substituents is 1. The van der Waals surface area contributed by atoms with Gasteiger partial charge in [0.1, 0.15) is 11.8 Å². The highest BCUT2D eigenvalue weighted by molar-refractivity contribution is 5.98. The largest absolute Gasteiger partial charge is 0.508 e. The lowest BCUT2D eigenvalue weighted by Crippen LogP contribution is -2.40. The molecular formula is C13H15NO4. The van der Waals surface area contributed by atoms with Gasteiger partial charge in [0.25, 0.3) is 5.91 Å². The minimum atomic E-state index is -0.973. The maximum atomic E-state index is 12.3. The molecule has 0 bridgehead atoms. The molecule has 0 radical (unpaired) electrons. The van der Waals surface area contributed by atoms with Crippen LogP contribution in [0.1, 0.15) is 28.8 Å². The number of aliphatic carboxylic acids is 1. The van der Waals surface area contributed by atoms with Crippen LogP contribution in [0.2, 0.25) is 0 Å². The van der Waals surface area contributed by atoms with E-state index in [1.165, 1.54) is 11.0 Å². The highest BCUT2D eigenvalue weighted by Crippen LogP contribution is 2.25. The van der Waals surface area contributed by atoms with Crippen molar-refractivity contribution >= 4 is 11.9 Å². The van der Waals surface area contributed by atoms with Crippen molar-refractivity contribution in [1.29, 1.82) is 0 Å². The van der Waals surface area contributed by atoms with Crippen molar-refractivity contribution in [1.82, 2.24) is 4.90 Å². The van der Waals surface area contributed by atoms with Crippen LogP contribution in [0.25, 0.3) is 0 Å². The van der Waals surface area contributed by atoms with Gasteiger partial charge in [-0.05, 0) is 31.9 Å². The third-order valence-electron chi connectivity index (χ3n) is 3.33. The molecule has 1 saturated heterocycles. The monoisotopic (exact) mass is 249 g/mol. The van der Waals surface area contributed by atoms with Gasteiger partial charge >= 0.3 is 5.97 Å². The summed E-state index contributed by atoms with van der Waals surface area (Å²) in [5, 5.41) is 18.6. The summed E-state index contributed by atoms with van der Waals surface area (Å²) in [4.78, 5) is 24.7. The molecule has 96 valence electrons. The van der Waals surface area contributed by atoms with Crippen molar-refractivity contribution in [3.8, 4) is 5.75 Å². The zero-order valence-electron chi connectivity index (χ0n) is 10.1. The number of benzene rings is 1. The highest BCUT2D eigenvalue weighted by Gasteiger charge is 2.34. The quantitative estimate of drug-likeness (QED) is 0.830. The van der Waals surface area contributed by atoms with E-state index < -0.39 is 12.0 Å². The first kappa shape index (κ1) is 12.4. The van der Waals surface area contributed by atoms with Crippen molar-refractivity contribution in [3.05, 3.63) is 29.3 Å². The fraction of sp³-hybridized carbons (Fsp3) is 0.385. The fourth-order valence-electron chi connectivity index (χ4n) is 2.28. The first-order valence-electron chi connectivity index (χ1n) is 5.84. The molecule has 2 rings (SSSR count). The Morgan fingerprint density at radius 1 is 1.39 bits per heavy atom. The van der Waals surface area contributed by atoms with Crippen molar-refractivity contribution in [3.63, 3.8) is 0 Å². The number of carboxylic acid groups (broad SMARTS) is 1. The van der Waals surface area contributed by atoms with Gasteiger partial charge in [-0.25, -0.2) is 4.79 Å². The minimum absolute atomic E-state index is 0.0481. The van der Waals surface area contributed by atoms with E-state index in [-0.39, 0.29) is 11.7 Å². The standard InChI is InChI=1S/C13H15NO4/c1-8-9(4-2-6-11(8)15)12(16)14-7-3-5-10(14)13(17)18/h2,4,6,10,15H,3,5,7H2,1H3,(H,17,18). The van der Waals surface area contributed by atoms with Gasteiger partial charge in [-0.2, -0.15) is 0 Å². The molecule has 1 atom stereocenters. The van der Waals surface area contributed by atoms with Gasteiger partial charge in [-0.15, -0.1) is 0 Å². The van der Waals surface area contributed by atoms with E-state index >= 15 is 0 Å². The molecule has 0 spiro atoms. The van der Waals surface area contributed by atoms with Crippen molar-refractivity contribution in [2.75, 3.05) is 6.54 Å². The summed E-state index contributed by atoms with van der Waals surface area (Å²) in [5.41, 5.74) is 0.849. The van der Waals surface area contributed by atoms with Crippen LogP contribution in [0.5, 0.6) is 5.75 Å². The summed E-state index contributed by atoms with van der Waals surface area (Å²) in [5.74, 6) is -1.25. The molecule has 1 aliphatic rings. The molecule has 1 aromatic rings. The highest BCUT2D eigenvalue weighted by atomic mass is 16.4. The van der Waals surface area contributed by atoms with E-state index in [1.54, 1.807) is 19.1 Å². The molecule has 1 fully saturated rings. The van der Waals surface area contributed by atoms with Gasteiger partial charge in [0.15, 0.2) is 0 Å². The Bertz CT molecular complexity index is 498. The molecule has 1 aromatic carbocycles. The molecule has 1 unspecified atom stereocenters. The zero-order valence-corrected chi connectivity index (χ0v) is 10.1. The Labute approximate surface area is 105 Å². The summed E-state index contributed by atoms with van der Waals surface area (Å²) in [6, 6.07) is 3.94. The van der Waals surface area contributed by atoms with Crippen LogP contribution in [-0.4, -0.2) is 39.6 Å². The second-order valence-electron chi connectivity index (χ2n) is 4.44. The van der Waals surface area contributed by atoms with E-state index in [2.05, 4.69) is 0 Å². The molecule has 18 heavy (non-hydrogen) atoms. The normalized spacial score (nSPS) is 18.9. The number of nitrogens with zero attached hydrogens (tertiary/aromatic N) is 1. The fourth-order valence-corrected chi connectivity index (χ4v) is 2.28. The number of rotatable bonds is 2. The lowest BCUT2D eigenvalue weighted by atomic mass is 10.1. The van der Waals surface area contributed by atoms with E-state index in [1.807, 2.05) is 0 Å². The third kappa shape index (κ3) is 2.03. The maximum absolute atomic E-state index is 12.3. The second-order valence-corrected chi connectivity index (χ2v) is 4.44. The molecule has 0 saturated carbocycles. The zero-order chi connectivity index (χ0) is 13.3. The van der Waals surface area contributed by atoms with Crippen molar-refractivity contribution in [2.24, 2.45) is 0 Å². The van der Waals surface area contributed by atoms with E-state index in [0.29, 0.717) is 30.5 Å². The Hall–Kier alpha value is -2.04. The molecule has 2 N–H and O–H groups in total. The summed E-state index contributed by atoms with van der Waals surface area (Å²) in [6.45, 7) is 2.10. The number of hydrogen-bond donors (Lipinski definition) is 2. The molecule has 5 heteroatoms. The van der Waals surface area contributed by atoms with Crippen molar-refractivity contribution in [2.45, 2.75) is 25.8 Å². The van der Waals surface area contributed by atoms with Crippen LogP contribution >= 0.6 is 0 Å². The Balaban J connectivity index is 2.31. The summed E-state index contributed by atoms with van der Waals surface area (Å²) in [6.07, 6.45) is 1.18. The average molecular weight is 249 g/mol. The molecule has 5 nitrogen and oxygen atoms in total. The number of carbonyl (C=O) groups is 2. The SMILES string of the molecule is Cc1c(O)cccc1C(=O)N1CCCC1C(=O)O. The maximum Gasteiger partial charge on any atom is 0.326 e. The van der Waals surface area contributed by atoms with E-state index in [4.69, 9.17) is 5.11 Å². The van der Waals surface area contributed by atoms with Crippen LogP contribution in [0.4, 0.5) is 0 Å². The second kappa shape index (κ2) is 4.68. The van der Waals surface area contributed by atoms with Gasteiger partial charge in [-0.3, -0.25) is 4.79 Å². The molecule has 0 aromatic heterocycles. The summed E-state index contributed by atoms with van der Waals surface area (Å²) in [7, 11) is 0. The molecule has 1 heterocycles. The number of carboxylic acids is 1. The predicted octanol–water partition coefficient (Wildman–Crippen LogP) is 1.39. The van der Waals surface area contributed by atoms with Gasteiger partial charge in [0.05, 0.1) is 0 Å². The number of likely N-dealkylation sites (tertiary alicyclic amines) is 1. The molecular weight excluding hydrogens is 234 g/mol. The van der Waals surface area contributed by atoms with Gasteiger partial charge in [0.2, 0.25) is 0 Å². The van der Waals surface area contributed by atoms with Gasteiger partial charge in [-0.1, -0.05) is 6.07 Å². The van der Waals surface area contributed by atoms with Crippen LogP contribution in [0.15, 0.2) is 18.2 Å². The number of carbonyl (C=O) groups excluding carboxylic acids is 1. The van der Waals surface area contributed by atoms with E-state index in [9.17, 15) is 14.7 Å². The average Bonchev–Trinajstić information content (AvgIpc) is 2.81. The summed E-state index contributed by atoms with van der Waals surface area (Å²) < 4.78 is 0. The number of amides is 1. The number of aromatic hydroxyl groups is 1. The number of hydrogen-bond acceptors (Lipinski definition) is 3. The van der Waals surface area contributed by atoms with Crippen molar-refractivity contribution < 1.29 is 19.8 Å². The number of phenols is 1. The Morgan fingerprint density at radius 2 is 2.11 bits per heavy atom. The van der Waals surface area contributed by atoms with Gasteiger partial charge < -0.3 is 15.1 Å². The minimum Gasteiger partial charge on any atom is -0.508 e.